The molecule has 0 spiro atoms. The minimum atomic E-state index is -6.55. The zero-order valence-electron chi connectivity index (χ0n) is 12.8. The van der Waals surface area contributed by atoms with Gasteiger partial charge in [-0.25, -0.2) is 9.18 Å². The van der Waals surface area contributed by atoms with Crippen LogP contribution in [-0.2, 0) is 11.3 Å². The molecule has 3 N–H and O–H groups in total. The van der Waals surface area contributed by atoms with Crippen LogP contribution in [0.3, 0.4) is 0 Å². The number of rotatable bonds is 6. The quantitative estimate of drug-likeness (QED) is 0.654. The molecule has 1 unspecified atom stereocenters. The second-order valence-electron chi connectivity index (χ2n) is 5.15. The number of urea groups is 1. The molecule has 5 nitrogen and oxygen atoms in total. The van der Waals surface area contributed by atoms with Gasteiger partial charge in [-0.1, -0.05) is 30.3 Å². The standard InChI is InChI=1S/C14H13F7N2O3/c15-12(13(16,17)18,14(19,20)21)9(10(24)25)7-23-11(26)22-6-8-4-2-1-3-5-8/h1-5,9H,6-7H2,(H,24,25)(H2,22,23,26). The number of halogens is 7. The van der Waals surface area contributed by atoms with Crippen LogP contribution in [-0.4, -0.2) is 41.7 Å². The molecule has 12 heteroatoms. The fourth-order valence-corrected chi connectivity index (χ4v) is 1.99. The Labute approximate surface area is 142 Å². The molecule has 1 aromatic rings. The first-order chi connectivity index (χ1) is 11.8. The van der Waals surface area contributed by atoms with Crippen LogP contribution in [0.5, 0.6) is 0 Å². The van der Waals surface area contributed by atoms with Crippen LogP contribution >= 0.6 is 0 Å². The van der Waals surface area contributed by atoms with E-state index in [0.717, 1.165) is 0 Å². The van der Waals surface area contributed by atoms with E-state index in [4.69, 9.17) is 5.11 Å². The van der Waals surface area contributed by atoms with Crippen LogP contribution in [0.4, 0.5) is 35.5 Å². The van der Waals surface area contributed by atoms with E-state index >= 15 is 0 Å². The third kappa shape index (κ3) is 4.76. The largest absolute Gasteiger partial charge is 0.481 e. The minimum absolute atomic E-state index is 0.135. The Hall–Kier alpha value is -2.53. The topological polar surface area (TPSA) is 78.4 Å². The third-order valence-electron chi connectivity index (χ3n) is 3.37. The molecule has 0 saturated heterocycles. The van der Waals surface area contributed by atoms with Crippen molar-refractivity contribution < 1.29 is 45.4 Å². The lowest BCUT2D eigenvalue weighted by molar-refractivity contribution is -0.354. The number of carbonyl (C=O) groups is 2. The van der Waals surface area contributed by atoms with Crippen LogP contribution in [0.2, 0.25) is 0 Å². The number of amides is 2. The molecule has 0 saturated carbocycles. The Kier molecular flexibility index (Phi) is 6.44. The molecule has 0 aliphatic heterocycles. The van der Waals surface area contributed by atoms with Crippen LogP contribution < -0.4 is 10.6 Å². The van der Waals surface area contributed by atoms with E-state index in [-0.39, 0.29) is 6.54 Å². The Morgan fingerprint density at radius 3 is 1.85 bits per heavy atom. The van der Waals surface area contributed by atoms with E-state index in [9.17, 15) is 40.3 Å². The number of carboxylic acids is 1. The molecule has 146 valence electrons. The van der Waals surface area contributed by atoms with E-state index in [1.165, 1.54) is 5.32 Å². The van der Waals surface area contributed by atoms with Crippen molar-refractivity contribution in [3.8, 4) is 0 Å². The molecule has 1 rings (SSSR count). The Morgan fingerprint density at radius 2 is 1.42 bits per heavy atom. The average molecular weight is 390 g/mol. The van der Waals surface area contributed by atoms with Crippen LogP contribution in [0.25, 0.3) is 0 Å². The molecule has 2 amide bonds. The summed E-state index contributed by atoms with van der Waals surface area (Å²) >= 11 is 0. The highest BCUT2D eigenvalue weighted by atomic mass is 19.4. The summed E-state index contributed by atoms with van der Waals surface area (Å²) in [6.07, 6.45) is -13.1. The lowest BCUT2D eigenvalue weighted by Crippen LogP contribution is -2.62. The van der Waals surface area contributed by atoms with Crippen molar-refractivity contribution in [2.75, 3.05) is 6.54 Å². The molecular formula is C14H13F7N2O3. The molecular weight excluding hydrogens is 377 g/mol. The summed E-state index contributed by atoms with van der Waals surface area (Å²) in [5.41, 5.74) is -5.47. The molecule has 0 aliphatic carbocycles. The van der Waals surface area contributed by atoms with Gasteiger partial charge in [0.2, 0.25) is 0 Å². The normalized spacial score (nSPS) is 13.8. The first kappa shape index (κ1) is 21.5. The lowest BCUT2D eigenvalue weighted by Gasteiger charge is -2.34. The second-order valence-corrected chi connectivity index (χ2v) is 5.15. The monoisotopic (exact) mass is 390 g/mol. The summed E-state index contributed by atoms with van der Waals surface area (Å²) in [4.78, 5) is 22.3. The smallest absolute Gasteiger partial charge is 0.432 e. The number of benzene rings is 1. The zero-order valence-corrected chi connectivity index (χ0v) is 12.8. The van der Waals surface area contributed by atoms with Gasteiger partial charge < -0.3 is 15.7 Å². The van der Waals surface area contributed by atoms with E-state index in [1.54, 1.807) is 30.3 Å². The Morgan fingerprint density at radius 1 is 0.923 bits per heavy atom. The molecule has 0 bridgehead atoms. The summed E-state index contributed by atoms with van der Waals surface area (Å²) in [5.74, 6) is -6.32. The van der Waals surface area contributed by atoms with Gasteiger partial charge in [-0.2, -0.15) is 26.3 Å². The van der Waals surface area contributed by atoms with Crippen LogP contribution in [0.1, 0.15) is 5.56 Å². The number of carboxylic acid groups (broad SMARTS) is 1. The highest BCUT2D eigenvalue weighted by Gasteiger charge is 2.77. The SMILES string of the molecule is O=C(NCc1ccccc1)NCC(C(=O)O)C(F)(C(F)(F)F)C(F)(F)F. The lowest BCUT2D eigenvalue weighted by atomic mass is 9.87. The molecule has 0 heterocycles. The molecule has 0 aromatic heterocycles. The van der Waals surface area contributed by atoms with E-state index in [0.29, 0.717) is 5.56 Å². The fraction of sp³-hybridized carbons (Fsp3) is 0.429. The van der Waals surface area contributed by atoms with E-state index in [2.05, 4.69) is 5.32 Å². The van der Waals surface area contributed by atoms with Gasteiger partial charge in [-0.05, 0) is 5.56 Å². The first-order valence-corrected chi connectivity index (χ1v) is 6.91. The van der Waals surface area contributed by atoms with Gasteiger partial charge in [-0.15, -0.1) is 0 Å². The van der Waals surface area contributed by atoms with Crippen molar-refractivity contribution in [3.63, 3.8) is 0 Å². The first-order valence-electron chi connectivity index (χ1n) is 6.91. The molecule has 26 heavy (non-hydrogen) atoms. The van der Waals surface area contributed by atoms with Crippen molar-refractivity contribution in [1.29, 1.82) is 0 Å². The molecule has 1 aromatic carbocycles. The number of carbonyl (C=O) groups excluding carboxylic acids is 1. The van der Waals surface area contributed by atoms with Crippen molar-refractivity contribution in [3.05, 3.63) is 35.9 Å². The van der Waals surface area contributed by atoms with Gasteiger partial charge in [0.25, 0.3) is 0 Å². The Balaban J connectivity index is 2.84. The number of alkyl halides is 7. The molecule has 0 aliphatic rings. The summed E-state index contributed by atoms with van der Waals surface area (Å²) in [6.45, 7) is -1.87. The minimum Gasteiger partial charge on any atom is -0.481 e. The number of hydrogen-bond donors (Lipinski definition) is 3. The van der Waals surface area contributed by atoms with E-state index < -0.39 is 42.5 Å². The highest BCUT2D eigenvalue weighted by molar-refractivity contribution is 5.76. The highest BCUT2D eigenvalue weighted by Crippen LogP contribution is 2.50. The Bertz CT molecular complexity index is 618. The average Bonchev–Trinajstić information content (AvgIpc) is 2.51. The maximum absolute atomic E-state index is 13.8. The number of aliphatic carboxylic acids is 1. The maximum Gasteiger partial charge on any atom is 0.432 e. The maximum atomic E-state index is 13.8. The van der Waals surface area contributed by atoms with Gasteiger partial charge in [-0.3, -0.25) is 4.79 Å². The van der Waals surface area contributed by atoms with E-state index in [1.807, 2.05) is 0 Å². The van der Waals surface area contributed by atoms with Gasteiger partial charge >= 0.3 is 30.0 Å². The molecule has 0 radical (unpaired) electrons. The van der Waals surface area contributed by atoms with Crippen molar-refractivity contribution in [2.24, 2.45) is 5.92 Å². The van der Waals surface area contributed by atoms with Crippen LogP contribution in [0.15, 0.2) is 30.3 Å². The predicted octanol–water partition coefficient (Wildman–Crippen LogP) is 3.02. The van der Waals surface area contributed by atoms with Gasteiger partial charge in [0.1, 0.15) is 5.92 Å². The van der Waals surface area contributed by atoms with Gasteiger partial charge in [0.05, 0.1) is 0 Å². The van der Waals surface area contributed by atoms with Gasteiger partial charge in [0.15, 0.2) is 0 Å². The number of hydrogen-bond acceptors (Lipinski definition) is 2. The second kappa shape index (κ2) is 7.79. The van der Waals surface area contributed by atoms with Crippen LogP contribution in [0, 0.1) is 5.92 Å². The fourth-order valence-electron chi connectivity index (χ4n) is 1.99. The van der Waals surface area contributed by atoms with Crippen molar-refractivity contribution >= 4 is 12.0 Å². The van der Waals surface area contributed by atoms with Crippen molar-refractivity contribution in [2.45, 2.75) is 24.6 Å². The summed E-state index contributed by atoms with van der Waals surface area (Å²) < 4.78 is 89.5. The predicted molar refractivity (Wildman–Crippen MR) is 73.8 cm³/mol. The third-order valence-corrected chi connectivity index (χ3v) is 3.37. The molecule has 0 fully saturated rings. The van der Waals surface area contributed by atoms with Gasteiger partial charge in [0, 0.05) is 13.1 Å². The van der Waals surface area contributed by atoms with Crippen molar-refractivity contribution in [1.82, 2.24) is 10.6 Å². The summed E-state index contributed by atoms with van der Waals surface area (Å²) in [5, 5.41) is 12.3. The molecule has 1 atom stereocenters. The summed E-state index contributed by atoms with van der Waals surface area (Å²) in [7, 11) is 0. The zero-order chi connectivity index (χ0) is 20.2. The number of nitrogens with one attached hydrogen (secondary N) is 2. The summed E-state index contributed by atoms with van der Waals surface area (Å²) in [6, 6.07) is 6.77.